The maximum absolute atomic E-state index is 12.1. The Kier molecular flexibility index (Phi) is 12.2. The van der Waals surface area contributed by atoms with Crippen molar-refractivity contribution in [2.75, 3.05) is 27.3 Å². The molecule has 14 heteroatoms. The van der Waals surface area contributed by atoms with Crippen molar-refractivity contribution in [3.05, 3.63) is 0 Å². The van der Waals surface area contributed by atoms with Gasteiger partial charge in [-0.3, -0.25) is 19.4 Å². The highest BCUT2D eigenvalue weighted by molar-refractivity contribution is 5.84. The first-order valence-electron chi connectivity index (χ1n) is 12.9. The number of hydrogen-bond acceptors (Lipinski definition) is 10. The second kappa shape index (κ2) is 14.2. The molecule has 4 atom stereocenters. The highest BCUT2D eigenvalue weighted by Gasteiger charge is 2.42. The van der Waals surface area contributed by atoms with Crippen LogP contribution >= 0.6 is 0 Å². The van der Waals surface area contributed by atoms with Gasteiger partial charge < -0.3 is 29.2 Å². The number of amides is 2. The molecule has 2 heterocycles. The van der Waals surface area contributed by atoms with E-state index in [1.54, 1.807) is 41.5 Å². The zero-order valence-electron chi connectivity index (χ0n) is 24.4. The quantitative estimate of drug-likeness (QED) is 0.370. The maximum Gasteiger partial charge on any atom is 0.411 e. The van der Waals surface area contributed by atoms with E-state index in [2.05, 4.69) is 9.47 Å². The van der Waals surface area contributed by atoms with Crippen molar-refractivity contribution in [1.82, 2.24) is 9.80 Å². The van der Waals surface area contributed by atoms with Gasteiger partial charge in [0.05, 0.1) is 26.1 Å². The molecule has 0 aliphatic carbocycles. The summed E-state index contributed by atoms with van der Waals surface area (Å²) >= 11 is 0. The summed E-state index contributed by atoms with van der Waals surface area (Å²) in [5.41, 5.74) is -1.36. The van der Waals surface area contributed by atoms with Crippen molar-refractivity contribution in [3.8, 4) is 0 Å². The van der Waals surface area contributed by atoms with E-state index in [0.29, 0.717) is 12.8 Å². The molecule has 0 saturated carbocycles. The third-order valence-electron chi connectivity index (χ3n) is 6.11. The van der Waals surface area contributed by atoms with Gasteiger partial charge in [-0.25, -0.2) is 19.2 Å². The predicted molar refractivity (Wildman–Crippen MR) is 138 cm³/mol. The van der Waals surface area contributed by atoms with Crippen molar-refractivity contribution < 1.29 is 57.9 Å². The Morgan fingerprint density at radius 1 is 0.625 bits per heavy atom. The van der Waals surface area contributed by atoms with E-state index in [-0.39, 0.29) is 25.9 Å². The molecular formula is C26H42N2O12. The summed E-state index contributed by atoms with van der Waals surface area (Å²) in [5, 5.41) is 18.1. The Hall–Kier alpha value is -3.58. The zero-order chi connectivity index (χ0) is 31.0. The molecule has 0 radical (unpaired) electrons. The van der Waals surface area contributed by atoms with Crippen molar-refractivity contribution >= 4 is 36.1 Å². The van der Waals surface area contributed by atoms with Crippen molar-refractivity contribution in [2.45, 2.75) is 90.5 Å². The van der Waals surface area contributed by atoms with Crippen LogP contribution in [0.4, 0.5) is 9.59 Å². The molecule has 0 aromatic rings. The minimum atomic E-state index is -0.970. The number of carbonyl (C=O) groups excluding carboxylic acids is 4. The number of carbonyl (C=O) groups is 6. The van der Waals surface area contributed by atoms with E-state index < -0.39 is 71.2 Å². The number of piperidine rings is 2. The minimum absolute atomic E-state index is 0.0429. The lowest BCUT2D eigenvalue weighted by Crippen LogP contribution is -2.52. The van der Waals surface area contributed by atoms with E-state index in [9.17, 15) is 28.8 Å². The number of esters is 2. The maximum atomic E-state index is 12.1. The first kappa shape index (κ1) is 34.4. The summed E-state index contributed by atoms with van der Waals surface area (Å²) in [6.45, 7) is 10.7. The van der Waals surface area contributed by atoms with Crippen molar-refractivity contribution in [1.29, 1.82) is 0 Å². The number of aliphatic carboxylic acids is 2. The van der Waals surface area contributed by atoms with E-state index in [4.69, 9.17) is 19.7 Å². The number of methoxy groups -OCH3 is 2. The molecule has 0 unspecified atom stereocenters. The number of likely N-dealkylation sites (tertiary alicyclic amines) is 2. The third kappa shape index (κ3) is 10.5. The fourth-order valence-corrected chi connectivity index (χ4v) is 4.18. The molecule has 14 nitrogen and oxygen atoms in total. The topological polar surface area (TPSA) is 186 Å². The molecule has 0 bridgehead atoms. The van der Waals surface area contributed by atoms with Crippen LogP contribution < -0.4 is 0 Å². The first-order valence-corrected chi connectivity index (χ1v) is 12.9. The molecule has 228 valence electrons. The molecule has 0 spiro atoms. The molecule has 0 aromatic heterocycles. The molecule has 2 N–H and O–H groups in total. The van der Waals surface area contributed by atoms with Crippen LogP contribution in [-0.4, -0.2) is 107 Å². The average Bonchev–Trinajstić information content (AvgIpc) is 2.85. The summed E-state index contributed by atoms with van der Waals surface area (Å²) < 4.78 is 19.8. The lowest BCUT2D eigenvalue weighted by Gasteiger charge is -2.37. The molecular weight excluding hydrogens is 532 g/mol. The average molecular weight is 575 g/mol. The van der Waals surface area contributed by atoms with Crippen LogP contribution in [0, 0.1) is 11.8 Å². The predicted octanol–water partition coefficient (Wildman–Crippen LogP) is 2.52. The van der Waals surface area contributed by atoms with Crippen LogP contribution in [0.25, 0.3) is 0 Å². The normalized spacial score (nSPS) is 23.1. The second-order valence-electron chi connectivity index (χ2n) is 11.5. The van der Waals surface area contributed by atoms with Crippen molar-refractivity contribution in [3.63, 3.8) is 0 Å². The minimum Gasteiger partial charge on any atom is -0.481 e. The first-order chi connectivity index (χ1) is 18.3. The summed E-state index contributed by atoms with van der Waals surface area (Å²) in [5.74, 6) is -4.50. The fraction of sp³-hybridized carbons (Fsp3) is 0.769. The Bertz CT molecular complexity index is 876. The van der Waals surface area contributed by atoms with Crippen LogP contribution in [0.5, 0.6) is 0 Å². The SMILES string of the molecule is COC(=O)[C@@H]1C[C@H](C(=O)O)CCN1C(=O)OC(C)(C)C.COC(=O)[C@H]1C[C@@H](C(=O)O)CCN1C(=O)OC(C)(C)C. The van der Waals surface area contributed by atoms with Crippen LogP contribution in [0.2, 0.25) is 0 Å². The molecule has 40 heavy (non-hydrogen) atoms. The molecule has 2 fully saturated rings. The zero-order valence-corrected chi connectivity index (χ0v) is 24.4. The summed E-state index contributed by atoms with van der Waals surface area (Å²) in [4.78, 5) is 72.2. The third-order valence-corrected chi connectivity index (χ3v) is 6.11. The second-order valence-corrected chi connectivity index (χ2v) is 11.5. The number of hydrogen-bond donors (Lipinski definition) is 2. The van der Waals surface area contributed by atoms with Gasteiger partial charge in [0.1, 0.15) is 23.3 Å². The van der Waals surface area contributed by atoms with Gasteiger partial charge in [0.25, 0.3) is 0 Å². The van der Waals surface area contributed by atoms with Crippen LogP contribution in [0.15, 0.2) is 0 Å². The number of rotatable bonds is 4. The molecule has 2 aliphatic rings. The van der Waals surface area contributed by atoms with E-state index in [0.717, 1.165) is 0 Å². The summed E-state index contributed by atoms with van der Waals surface area (Å²) in [6.07, 6.45) is -0.583. The van der Waals surface area contributed by atoms with E-state index in [1.807, 2.05) is 0 Å². The Morgan fingerprint density at radius 3 is 1.15 bits per heavy atom. The van der Waals surface area contributed by atoms with Crippen LogP contribution in [-0.2, 0) is 38.1 Å². The number of ether oxygens (including phenoxy) is 4. The smallest absolute Gasteiger partial charge is 0.411 e. The summed E-state index contributed by atoms with van der Waals surface area (Å²) in [6, 6.07) is -1.82. The molecule has 0 aromatic carbocycles. The van der Waals surface area contributed by atoms with Gasteiger partial charge in [-0.1, -0.05) is 0 Å². The number of carboxylic acids is 2. The van der Waals surface area contributed by atoms with Gasteiger partial charge in [-0.2, -0.15) is 0 Å². The van der Waals surface area contributed by atoms with Gasteiger partial charge >= 0.3 is 36.1 Å². The summed E-state index contributed by atoms with van der Waals surface area (Å²) in [7, 11) is 2.42. The largest absolute Gasteiger partial charge is 0.481 e. The lowest BCUT2D eigenvalue weighted by atomic mass is 9.91. The van der Waals surface area contributed by atoms with Crippen LogP contribution in [0.3, 0.4) is 0 Å². The van der Waals surface area contributed by atoms with Gasteiger partial charge in [-0.15, -0.1) is 0 Å². The molecule has 2 aliphatic heterocycles. The highest BCUT2D eigenvalue weighted by atomic mass is 16.6. The number of carboxylic acid groups (broad SMARTS) is 2. The van der Waals surface area contributed by atoms with Gasteiger partial charge in [0.2, 0.25) is 0 Å². The molecule has 2 saturated heterocycles. The van der Waals surface area contributed by atoms with Gasteiger partial charge in [0, 0.05) is 13.1 Å². The van der Waals surface area contributed by atoms with E-state index in [1.165, 1.54) is 24.0 Å². The van der Waals surface area contributed by atoms with Gasteiger partial charge in [-0.05, 0) is 67.2 Å². The Balaban J connectivity index is 0.000000400. The highest BCUT2D eigenvalue weighted by Crippen LogP contribution is 2.27. The van der Waals surface area contributed by atoms with Gasteiger partial charge in [0.15, 0.2) is 0 Å². The van der Waals surface area contributed by atoms with Crippen molar-refractivity contribution in [2.24, 2.45) is 11.8 Å². The number of nitrogens with zero attached hydrogens (tertiary/aromatic N) is 2. The fourth-order valence-electron chi connectivity index (χ4n) is 4.18. The standard InChI is InChI=1S/2C13H21NO6/c2*1-13(2,3)20-12(18)14-6-5-8(10(15)16)7-9(14)11(17)19-4/h2*8-9H,5-7H2,1-4H3,(H,15,16)/t2*8-,9+/m10/s1. The molecule has 2 rings (SSSR count). The van der Waals surface area contributed by atoms with E-state index >= 15 is 0 Å². The Morgan fingerprint density at radius 2 is 0.925 bits per heavy atom. The monoisotopic (exact) mass is 574 g/mol. The molecule has 2 amide bonds. The Labute approximate surface area is 233 Å². The lowest BCUT2D eigenvalue weighted by molar-refractivity contribution is -0.153. The van der Waals surface area contributed by atoms with Crippen LogP contribution in [0.1, 0.15) is 67.2 Å².